The Morgan fingerprint density at radius 2 is 2.13 bits per heavy atom. The molecular weight excluding hydrogens is 335 g/mol. The van der Waals surface area contributed by atoms with E-state index >= 15 is 0 Å². The molecule has 7 nitrogen and oxygen atoms in total. The Hall–Kier alpha value is -2.43. The van der Waals surface area contributed by atoms with Crippen molar-refractivity contribution in [3.8, 4) is 5.88 Å². The summed E-state index contributed by atoms with van der Waals surface area (Å²) in [5, 5.41) is 5.27. The molecule has 0 spiro atoms. The first-order valence-corrected chi connectivity index (χ1v) is 7.10. The van der Waals surface area contributed by atoms with E-state index in [1.165, 1.54) is 18.6 Å². The lowest BCUT2D eigenvalue weighted by atomic mass is 10.3. The van der Waals surface area contributed by atoms with Crippen LogP contribution in [0.4, 0.5) is 23.8 Å². The highest BCUT2D eigenvalue weighted by Gasteiger charge is 2.43. The zero-order chi connectivity index (χ0) is 17.0. The van der Waals surface area contributed by atoms with E-state index in [2.05, 4.69) is 20.3 Å². The fraction of sp³-hybridized carbons (Fsp3) is 0.333. The summed E-state index contributed by atoms with van der Waals surface area (Å²) in [6.45, 7) is 1.57. The third-order valence-corrected chi connectivity index (χ3v) is 3.61. The molecule has 0 saturated carbocycles. The molecule has 0 saturated heterocycles. The van der Waals surface area contributed by atoms with Crippen LogP contribution >= 0.6 is 11.3 Å². The van der Waals surface area contributed by atoms with Gasteiger partial charge in [-0.3, -0.25) is 5.32 Å². The standard InChI is InChI=1S/C12H12F3N5O2S/c1-6-4-23-10(18-6)9(12(13,14)15)20-11(21)19-7-3-8(22-2)17-5-16-7/h3-5,9H,1-2H3,(H2,16,17,19,20,21). The summed E-state index contributed by atoms with van der Waals surface area (Å²) in [6.07, 6.45) is -3.56. The van der Waals surface area contributed by atoms with Crippen molar-refractivity contribution in [2.24, 2.45) is 0 Å². The molecule has 2 aromatic heterocycles. The number of ether oxygens (including phenoxy) is 1. The number of alkyl halides is 3. The minimum absolute atomic E-state index is 0.00518. The lowest BCUT2D eigenvalue weighted by Gasteiger charge is -2.19. The molecule has 0 aliphatic carbocycles. The number of amides is 2. The topological polar surface area (TPSA) is 89.0 Å². The molecule has 1 unspecified atom stereocenters. The molecule has 0 aromatic carbocycles. The van der Waals surface area contributed by atoms with E-state index in [4.69, 9.17) is 4.74 Å². The Morgan fingerprint density at radius 3 is 2.70 bits per heavy atom. The largest absolute Gasteiger partial charge is 0.481 e. The summed E-state index contributed by atoms with van der Waals surface area (Å²) >= 11 is 0.820. The molecule has 0 radical (unpaired) electrons. The summed E-state index contributed by atoms with van der Waals surface area (Å²) in [5.74, 6) is 0.170. The zero-order valence-corrected chi connectivity index (χ0v) is 12.8. The molecule has 2 amide bonds. The molecule has 0 aliphatic heterocycles. The average molecular weight is 347 g/mol. The predicted molar refractivity (Wildman–Crippen MR) is 76.4 cm³/mol. The minimum Gasteiger partial charge on any atom is -0.481 e. The van der Waals surface area contributed by atoms with Gasteiger partial charge in [-0.15, -0.1) is 11.3 Å². The number of halogens is 3. The van der Waals surface area contributed by atoms with Crippen LogP contribution in [0.25, 0.3) is 0 Å². The van der Waals surface area contributed by atoms with Crippen LogP contribution in [0.5, 0.6) is 5.88 Å². The number of nitrogens with one attached hydrogen (secondary N) is 2. The number of urea groups is 1. The van der Waals surface area contributed by atoms with Gasteiger partial charge in [0.25, 0.3) is 0 Å². The van der Waals surface area contributed by atoms with Gasteiger partial charge in [-0.1, -0.05) is 0 Å². The Morgan fingerprint density at radius 1 is 1.39 bits per heavy atom. The fourth-order valence-electron chi connectivity index (χ4n) is 1.59. The van der Waals surface area contributed by atoms with E-state index in [0.717, 1.165) is 17.7 Å². The smallest absolute Gasteiger partial charge is 0.415 e. The van der Waals surface area contributed by atoms with Crippen LogP contribution in [0.15, 0.2) is 17.8 Å². The number of hydrogen-bond acceptors (Lipinski definition) is 6. The number of hydrogen-bond donors (Lipinski definition) is 2. The first-order valence-electron chi connectivity index (χ1n) is 6.22. The average Bonchev–Trinajstić information content (AvgIpc) is 2.90. The second kappa shape index (κ2) is 6.77. The van der Waals surface area contributed by atoms with Crippen molar-refractivity contribution in [1.82, 2.24) is 20.3 Å². The maximum absolute atomic E-state index is 13.1. The van der Waals surface area contributed by atoms with E-state index in [1.54, 1.807) is 6.92 Å². The van der Waals surface area contributed by atoms with Gasteiger partial charge in [-0.05, 0) is 6.92 Å². The predicted octanol–water partition coefficient (Wildman–Crippen LogP) is 2.68. The van der Waals surface area contributed by atoms with Crippen LogP contribution in [0.2, 0.25) is 0 Å². The molecular formula is C12H12F3N5O2S. The number of carbonyl (C=O) groups excluding carboxylic acids is 1. The highest BCUT2D eigenvalue weighted by molar-refractivity contribution is 7.09. The van der Waals surface area contributed by atoms with Gasteiger partial charge in [-0.25, -0.2) is 19.7 Å². The van der Waals surface area contributed by atoms with Gasteiger partial charge in [0.1, 0.15) is 17.2 Å². The summed E-state index contributed by atoms with van der Waals surface area (Å²) in [5.41, 5.74) is 0.446. The lowest BCUT2D eigenvalue weighted by Crippen LogP contribution is -2.40. The van der Waals surface area contributed by atoms with Gasteiger partial charge >= 0.3 is 12.2 Å². The summed E-state index contributed by atoms with van der Waals surface area (Å²) in [7, 11) is 1.36. The second-order valence-corrected chi connectivity index (χ2v) is 5.24. The summed E-state index contributed by atoms with van der Waals surface area (Å²) < 4.78 is 44.2. The van der Waals surface area contributed by atoms with Crippen LogP contribution < -0.4 is 15.4 Å². The molecule has 1 atom stereocenters. The maximum atomic E-state index is 13.1. The molecule has 0 bridgehead atoms. The molecule has 0 aliphatic rings. The van der Waals surface area contributed by atoms with Gasteiger partial charge in [0, 0.05) is 17.1 Å². The maximum Gasteiger partial charge on any atom is 0.415 e. The van der Waals surface area contributed by atoms with Gasteiger partial charge in [0.2, 0.25) is 5.88 Å². The van der Waals surface area contributed by atoms with Crippen LogP contribution in [0.3, 0.4) is 0 Å². The molecule has 2 rings (SSSR count). The van der Waals surface area contributed by atoms with E-state index < -0.39 is 18.2 Å². The monoisotopic (exact) mass is 347 g/mol. The first-order chi connectivity index (χ1) is 10.8. The minimum atomic E-state index is -4.68. The van der Waals surface area contributed by atoms with E-state index in [9.17, 15) is 18.0 Å². The number of aromatic nitrogens is 3. The summed E-state index contributed by atoms with van der Waals surface area (Å²) in [6, 6.07) is -2.00. The van der Waals surface area contributed by atoms with Crippen LogP contribution in [-0.2, 0) is 0 Å². The molecule has 11 heteroatoms. The van der Waals surface area contributed by atoms with Crippen molar-refractivity contribution in [3.05, 3.63) is 28.5 Å². The highest BCUT2D eigenvalue weighted by atomic mass is 32.1. The van der Waals surface area contributed by atoms with E-state index in [-0.39, 0.29) is 16.7 Å². The Kier molecular flexibility index (Phi) is 4.98. The van der Waals surface area contributed by atoms with Crippen molar-refractivity contribution in [1.29, 1.82) is 0 Å². The number of thiazole rings is 1. The van der Waals surface area contributed by atoms with Crippen molar-refractivity contribution in [2.45, 2.75) is 19.1 Å². The molecule has 23 heavy (non-hydrogen) atoms. The van der Waals surface area contributed by atoms with Crippen molar-refractivity contribution < 1.29 is 22.7 Å². The van der Waals surface area contributed by atoms with Crippen LogP contribution in [0, 0.1) is 6.92 Å². The number of rotatable bonds is 4. The third-order valence-electron chi connectivity index (χ3n) is 2.58. The van der Waals surface area contributed by atoms with Gasteiger partial charge < -0.3 is 10.1 Å². The number of carbonyl (C=O) groups is 1. The first kappa shape index (κ1) is 16.9. The summed E-state index contributed by atoms with van der Waals surface area (Å²) in [4.78, 5) is 23.0. The van der Waals surface area contributed by atoms with Crippen LogP contribution in [-0.4, -0.2) is 34.3 Å². The fourth-order valence-corrected chi connectivity index (χ4v) is 2.46. The number of anilines is 1. The molecule has 2 heterocycles. The van der Waals surface area contributed by atoms with Crippen LogP contribution in [0.1, 0.15) is 16.7 Å². The van der Waals surface area contributed by atoms with Crippen molar-refractivity contribution in [2.75, 3.05) is 12.4 Å². The van der Waals surface area contributed by atoms with Crippen molar-refractivity contribution >= 4 is 23.2 Å². The number of aryl methyl sites for hydroxylation is 1. The molecule has 2 N–H and O–H groups in total. The Labute approximate surface area is 132 Å². The lowest BCUT2D eigenvalue weighted by molar-refractivity contribution is -0.154. The Bertz CT molecular complexity index is 691. The van der Waals surface area contributed by atoms with E-state index in [1.807, 2.05) is 5.32 Å². The number of methoxy groups -OCH3 is 1. The molecule has 0 fully saturated rings. The highest BCUT2D eigenvalue weighted by Crippen LogP contribution is 2.34. The van der Waals surface area contributed by atoms with Crippen molar-refractivity contribution in [3.63, 3.8) is 0 Å². The molecule has 2 aromatic rings. The SMILES string of the molecule is COc1cc(NC(=O)NC(c2nc(C)cs2)C(F)(F)F)ncn1. The quantitative estimate of drug-likeness (QED) is 0.888. The normalized spacial score (nSPS) is 12.6. The van der Waals surface area contributed by atoms with Gasteiger partial charge in [0.15, 0.2) is 6.04 Å². The van der Waals surface area contributed by atoms with Gasteiger partial charge in [0.05, 0.1) is 7.11 Å². The Balaban J connectivity index is 2.11. The zero-order valence-electron chi connectivity index (χ0n) is 12.0. The molecule has 124 valence electrons. The van der Waals surface area contributed by atoms with E-state index in [0.29, 0.717) is 5.69 Å². The van der Waals surface area contributed by atoms with Gasteiger partial charge in [-0.2, -0.15) is 13.2 Å². The second-order valence-electron chi connectivity index (χ2n) is 4.35. The number of nitrogens with zero attached hydrogens (tertiary/aromatic N) is 3. The third kappa shape index (κ3) is 4.52.